The lowest BCUT2D eigenvalue weighted by atomic mass is 10.0. The number of aromatic hydroxyl groups is 1. The number of methoxy groups -OCH3 is 1. The van der Waals surface area contributed by atoms with Gasteiger partial charge in [-0.05, 0) is 12.1 Å². The van der Waals surface area contributed by atoms with Gasteiger partial charge in [0.05, 0.1) is 18.2 Å². The zero-order valence-electron chi connectivity index (χ0n) is 12.7. The Morgan fingerprint density at radius 2 is 1.75 bits per heavy atom. The second-order valence-corrected chi connectivity index (χ2v) is 5.09. The van der Waals surface area contributed by atoms with Gasteiger partial charge in [0.25, 0.3) is 5.56 Å². The highest BCUT2D eigenvalue weighted by Crippen LogP contribution is 2.28. The molecule has 0 saturated heterocycles. The third-order valence-corrected chi connectivity index (χ3v) is 3.69. The van der Waals surface area contributed by atoms with E-state index in [0.29, 0.717) is 0 Å². The van der Waals surface area contributed by atoms with E-state index in [-0.39, 0.29) is 27.6 Å². The van der Waals surface area contributed by atoms with Gasteiger partial charge in [0.15, 0.2) is 0 Å². The Morgan fingerprint density at radius 1 is 1.04 bits per heavy atom. The highest BCUT2D eigenvalue weighted by atomic mass is 16.5. The summed E-state index contributed by atoms with van der Waals surface area (Å²) < 4.78 is 4.66. The molecule has 6 heteroatoms. The van der Waals surface area contributed by atoms with E-state index in [1.807, 2.05) is 0 Å². The minimum Gasteiger partial charge on any atom is -0.506 e. The van der Waals surface area contributed by atoms with E-state index in [4.69, 9.17) is 0 Å². The van der Waals surface area contributed by atoms with E-state index in [1.54, 1.807) is 30.3 Å². The maximum absolute atomic E-state index is 12.5. The number of ether oxygens (including phenoxy) is 1. The Kier molecular flexibility index (Phi) is 3.87. The standard InChI is InChI=1S/C18H13NO5/c1-24-18(23)12-9-5-8-11-14(12)19-17(22)13(16(11)21)15(20)10-6-3-2-4-7-10/h2-9H,1H3,(H2,19,21,22). The largest absolute Gasteiger partial charge is 0.506 e. The van der Waals surface area contributed by atoms with Crippen LogP contribution in [0.3, 0.4) is 0 Å². The van der Waals surface area contributed by atoms with Crippen LogP contribution in [-0.4, -0.2) is 29.0 Å². The highest BCUT2D eigenvalue weighted by molar-refractivity contribution is 6.14. The van der Waals surface area contributed by atoms with Gasteiger partial charge >= 0.3 is 5.97 Å². The fourth-order valence-electron chi connectivity index (χ4n) is 2.53. The molecule has 3 rings (SSSR count). The van der Waals surface area contributed by atoms with Crippen LogP contribution < -0.4 is 5.56 Å². The average Bonchev–Trinajstić information content (AvgIpc) is 2.61. The zero-order valence-corrected chi connectivity index (χ0v) is 12.7. The molecule has 3 aromatic rings. The normalized spacial score (nSPS) is 10.5. The summed E-state index contributed by atoms with van der Waals surface area (Å²) in [4.78, 5) is 39.2. The van der Waals surface area contributed by atoms with Crippen molar-refractivity contribution in [2.75, 3.05) is 7.11 Å². The van der Waals surface area contributed by atoms with Crippen molar-refractivity contribution in [1.82, 2.24) is 4.98 Å². The molecular weight excluding hydrogens is 310 g/mol. The SMILES string of the molecule is COC(=O)c1cccc2c(O)c(C(=O)c3ccccc3)c(=O)[nH]c12. The van der Waals surface area contributed by atoms with Crippen LogP contribution in [0.15, 0.2) is 53.3 Å². The maximum Gasteiger partial charge on any atom is 0.339 e. The third kappa shape index (κ3) is 2.44. The number of H-pyrrole nitrogens is 1. The van der Waals surface area contributed by atoms with Crippen molar-refractivity contribution >= 4 is 22.7 Å². The molecule has 0 aliphatic carbocycles. The number of hydrogen-bond donors (Lipinski definition) is 2. The minimum atomic E-state index is -0.773. The summed E-state index contributed by atoms with van der Waals surface area (Å²) in [5.41, 5.74) is -0.639. The third-order valence-electron chi connectivity index (χ3n) is 3.69. The summed E-state index contributed by atoms with van der Waals surface area (Å²) in [6.45, 7) is 0. The number of carbonyl (C=O) groups is 2. The molecule has 0 spiro atoms. The van der Waals surface area contributed by atoms with Crippen LogP contribution in [0.4, 0.5) is 0 Å². The van der Waals surface area contributed by atoms with Gasteiger partial charge < -0.3 is 14.8 Å². The number of carbonyl (C=O) groups excluding carboxylic acids is 2. The number of esters is 1. The van der Waals surface area contributed by atoms with Crippen LogP contribution in [0, 0.1) is 0 Å². The van der Waals surface area contributed by atoms with Gasteiger partial charge in [0.2, 0.25) is 5.78 Å². The number of benzene rings is 2. The molecule has 1 aromatic heterocycles. The Balaban J connectivity index is 2.28. The van der Waals surface area contributed by atoms with E-state index < -0.39 is 23.1 Å². The molecule has 0 unspecified atom stereocenters. The molecule has 0 amide bonds. The van der Waals surface area contributed by atoms with Gasteiger partial charge in [-0.15, -0.1) is 0 Å². The van der Waals surface area contributed by atoms with Gasteiger partial charge in [-0.2, -0.15) is 0 Å². The quantitative estimate of drug-likeness (QED) is 0.569. The van der Waals surface area contributed by atoms with Crippen molar-refractivity contribution in [2.24, 2.45) is 0 Å². The van der Waals surface area contributed by atoms with E-state index in [0.717, 1.165) is 0 Å². The van der Waals surface area contributed by atoms with E-state index >= 15 is 0 Å². The molecule has 0 saturated carbocycles. The molecule has 0 fully saturated rings. The Morgan fingerprint density at radius 3 is 2.42 bits per heavy atom. The number of rotatable bonds is 3. The smallest absolute Gasteiger partial charge is 0.339 e. The number of nitrogens with one attached hydrogen (secondary N) is 1. The molecule has 0 bridgehead atoms. The van der Waals surface area contributed by atoms with Gasteiger partial charge in [0, 0.05) is 10.9 Å². The van der Waals surface area contributed by atoms with Crippen molar-refractivity contribution in [3.8, 4) is 5.75 Å². The van der Waals surface area contributed by atoms with E-state index in [1.165, 1.54) is 25.3 Å². The fourth-order valence-corrected chi connectivity index (χ4v) is 2.53. The van der Waals surface area contributed by atoms with Gasteiger partial charge in [-0.1, -0.05) is 36.4 Å². The van der Waals surface area contributed by atoms with Crippen LogP contribution in [-0.2, 0) is 4.74 Å². The first-order chi connectivity index (χ1) is 11.5. The first-order valence-electron chi connectivity index (χ1n) is 7.10. The molecule has 6 nitrogen and oxygen atoms in total. The number of pyridine rings is 1. The number of ketones is 1. The summed E-state index contributed by atoms with van der Waals surface area (Å²) in [7, 11) is 1.21. The summed E-state index contributed by atoms with van der Waals surface area (Å²) in [5, 5.41) is 10.6. The number of aromatic nitrogens is 1. The van der Waals surface area contributed by atoms with Crippen LogP contribution in [0.1, 0.15) is 26.3 Å². The molecule has 120 valence electrons. The second-order valence-electron chi connectivity index (χ2n) is 5.09. The topological polar surface area (TPSA) is 96.5 Å². The molecule has 24 heavy (non-hydrogen) atoms. The van der Waals surface area contributed by atoms with Gasteiger partial charge in [0.1, 0.15) is 11.3 Å². The van der Waals surface area contributed by atoms with E-state index in [2.05, 4.69) is 9.72 Å². The van der Waals surface area contributed by atoms with Crippen LogP contribution in [0.5, 0.6) is 5.75 Å². The Bertz CT molecular complexity index is 1010. The zero-order chi connectivity index (χ0) is 17.3. The molecule has 0 aliphatic rings. The number of aromatic amines is 1. The second kappa shape index (κ2) is 6.00. The fraction of sp³-hybridized carbons (Fsp3) is 0.0556. The minimum absolute atomic E-state index is 0.0983. The lowest BCUT2D eigenvalue weighted by Gasteiger charge is -2.09. The number of fused-ring (bicyclic) bond motifs is 1. The number of para-hydroxylation sites is 1. The van der Waals surface area contributed by atoms with Gasteiger partial charge in [-0.25, -0.2) is 4.79 Å². The molecule has 2 N–H and O–H groups in total. The predicted octanol–water partition coefficient (Wildman–Crippen LogP) is 2.25. The Labute approximate surface area is 136 Å². The molecule has 0 radical (unpaired) electrons. The van der Waals surface area contributed by atoms with Crippen LogP contribution in [0.25, 0.3) is 10.9 Å². The van der Waals surface area contributed by atoms with E-state index in [9.17, 15) is 19.5 Å². The summed E-state index contributed by atoms with van der Waals surface area (Å²) >= 11 is 0. The lowest BCUT2D eigenvalue weighted by molar-refractivity contribution is 0.0602. The van der Waals surface area contributed by atoms with Crippen LogP contribution >= 0.6 is 0 Å². The van der Waals surface area contributed by atoms with Crippen molar-refractivity contribution in [2.45, 2.75) is 0 Å². The van der Waals surface area contributed by atoms with Crippen molar-refractivity contribution < 1.29 is 19.4 Å². The summed E-state index contributed by atoms with van der Waals surface area (Å²) in [6.07, 6.45) is 0. The average molecular weight is 323 g/mol. The summed E-state index contributed by atoms with van der Waals surface area (Å²) in [5.74, 6) is -1.72. The molecule has 2 aromatic carbocycles. The molecule has 0 atom stereocenters. The first kappa shape index (κ1) is 15.5. The monoisotopic (exact) mass is 323 g/mol. The molecule has 0 aliphatic heterocycles. The van der Waals surface area contributed by atoms with Gasteiger partial charge in [-0.3, -0.25) is 9.59 Å². The Hall–Kier alpha value is -3.41. The van der Waals surface area contributed by atoms with Crippen molar-refractivity contribution in [3.63, 3.8) is 0 Å². The van der Waals surface area contributed by atoms with Crippen LogP contribution in [0.2, 0.25) is 0 Å². The first-order valence-corrected chi connectivity index (χ1v) is 7.10. The highest BCUT2D eigenvalue weighted by Gasteiger charge is 2.22. The van der Waals surface area contributed by atoms with Crippen molar-refractivity contribution in [3.05, 3.63) is 75.6 Å². The number of hydrogen-bond acceptors (Lipinski definition) is 5. The van der Waals surface area contributed by atoms with Crippen molar-refractivity contribution in [1.29, 1.82) is 0 Å². The maximum atomic E-state index is 12.5. The predicted molar refractivity (Wildman–Crippen MR) is 87.4 cm³/mol. The molecule has 1 heterocycles. The summed E-state index contributed by atoms with van der Waals surface area (Å²) in [6, 6.07) is 12.7. The molecular formula is C18H13NO5. The lowest BCUT2D eigenvalue weighted by Crippen LogP contribution is -2.20.